The van der Waals surface area contributed by atoms with E-state index in [0.717, 1.165) is 26.0 Å². The zero-order valence-corrected chi connectivity index (χ0v) is 52.2. The van der Waals surface area contributed by atoms with Gasteiger partial charge in [0.15, 0.2) is 10.3 Å². The zero-order valence-electron chi connectivity index (χ0n) is 46.4. The molecule has 8 rings (SSSR count). The maximum absolute atomic E-state index is 15.5. The van der Waals surface area contributed by atoms with E-state index in [1.807, 2.05) is 12.1 Å². The van der Waals surface area contributed by atoms with Gasteiger partial charge in [-0.05, 0) is 142 Å². The van der Waals surface area contributed by atoms with Crippen LogP contribution in [0.25, 0.3) is 22.8 Å². The summed E-state index contributed by atoms with van der Waals surface area (Å²) in [5.41, 5.74) is 4.51. The number of amidine groups is 2. The van der Waals surface area contributed by atoms with Gasteiger partial charge in [-0.2, -0.15) is 16.6 Å². The van der Waals surface area contributed by atoms with Gasteiger partial charge in [0.1, 0.15) is 50.2 Å². The van der Waals surface area contributed by atoms with Crippen LogP contribution in [0.15, 0.2) is 80.3 Å². The van der Waals surface area contributed by atoms with Crippen LogP contribution in [-0.2, 0) is 30.1 Å². The number of hydrogen-bond acceptors (Lipinski definition) is 13. The Kier molecular flexibility index (Phi) is 20.9. The molecule has 430 valence electrons. The lowest BCUT2D eigenvalue weighted by Gasteiger charge is -2.38. The molecule has 2 fully saturated rings. The fraction of sp³-hybridized carbons (Fsp3) is 0.456. The number of benzene rings is 2. The molecule has 0 radical (unpaired) electrons. The van der Waals surface area contributed by atoms with Crippen LogP contribution in [0.1, 0.15) is 93.8 Å². The second-order valence-corrected chi connectivity index (χ2v) is 34.3. The van der Waals surface area contributed by atoms with Crippen LogP contribution in [0.4, 0.5) is 27.4 Å². The zero-order chi connectivity index (χ0) is 58.8. The first-order chi connectivity index (χ1) is 36.7. The average molecular weight is 1260 g/mol. The quantitative estimate of drug-likeness (QED) is 0.0479. The van der Waals surface area contributed by atoms with E-state index < -0.39 is 63.6 Å². The molecule has 2 saturated carbocycles. The molecule has 4 aliphatic rings. The number of allylic oxidation sites excluding steroid dienone is 1. The number of thioether (sulfide) groups is 2. The SMILES string of the molecule is C.C/C(F)=C/c1ccc(F)c([C@@]2(C)N=C(N(COCC[Si](C)(C)C)C(=O)OC(C)(C)C)S[C@@]3(C(=O)N(C)C)C[C@H]32)c1.N#Cc1ccc(Br)s1.[C-]#[N+]c1ccc(/C(F)=C/c2ccc(F)c([C@@]3(C)N=C(N)S[C@@]4(C(=O)N(C)C)C[C@H]43)c2)s1. The van der Waals surface area contributed by atoms with Crippen LogP contribution in [0.5, 0.6) is 0 Å². The third-order valence-corrected chi connectivity index (χ3v) is 20.4. The summed E-state index contributed by atoms with van der Waals surface area (Å²) in [5, 5.41) is 9.16. The van der Waals surface area contributed by atoms with Gasteiger partial charge in [-0.15, -0.1) is 11.3 Å². The fourth-order valence-electron chi connectivity index (χ4n) is 9.34. The van der Waals surface area contributed by atoms with Crippen molar-refractivity contribution in [2.75, 3.05) is 41.5 Å². The standard InChI is InChI=1S/C29H43F2N3O4SSi.C22H20F2N4OS2.C5H2BrNS.CH4/c1-19(30)15-20-11-12-22(31)21(16-20)28(5)23-17-29(23,24(35)33(6)7)39-25(32-28)34(26(36)38-27(2,3)4)18-37-13-14-40(8,9)10;1-21(17-11-22(17,19(29)28(3)4)31-20(25)27-21)13-9-12(5-6-14(13)23)10-15(24)16-7-8-18(26-2)30-16;6-5-2-1-4(3-7)8-5;/h11-12,15-16,23H,13-14,17-18H2,1-10H3;5-10,17H,11H2,1,3-4H3,(H2,25,27);1-2H;1H4/b19-15-;15-10-;;/t23-,28+,29-;17-,21+,22-;;/m00../s1. The van der Waals surface area contributed by atoms with Gasteiger partial charge in [0.05, 0.1) is 27.3 Å². The molecule has 23 heteroatoms. The number of nitrogens with zero attached hydrogens (tertiary/aromatic N) is 7. The number of thiophene rings is 2. The van der Waals surface area contributed by atoms with E-state index in [0.29, 0.717) is 40.5 Å². The van der Waals surface area contributed by atoms with E-state index in [9.17, 15) is 27.6 Å². The number of fused-ring (bicyclic) bond motifs is 2. The van der Waals surface area contributed by atoms with E-state index in [-0.39, 0.29) is 59.3 Å². The molecule has 0 bridgehead atoms. The van der Waals surface area contributed by atoms with E-state index in [1.54, 1.807) is 93.1 Å². The Morgan fingerprint density at radius 2 is 1.41 bits per heavy atom. The van der Waals surface area contributed by atoms with Crippen molar-refractivity contribution in [1.29, 1.82) is 5.26 Å². The number of nitriles is 1. The minimum Gasteiger partial charge on any atom is -0.443 e. The molecule has 13 nitrogen and oxygen atoms in total. The largest absolute Gasteiger partial charge is 0.443 e. The highest BCUT2D eigenvalue weighted by Gasteiger charge is 2.72. The molecule has 2 aliphatic heterocycles. The van der Waals surface area contributed by atoms with Crippen molar-refractivity contribution in [3.8, 4) is 6.07 Å². The van der Waals surface area contributed by atoms with Gasteiger partial charge in [-0.3, -0.25) is 19.6 Å². The van der Waals surface area contributed by atoms with Crippen molar-refractivity contribution in [2.24, 2.45) is 27.6 Å². The highest BCUT2D eigenvalue weighted by Crippen LogP contribution is 2.68. The Balaban J connectivity index is 0.000000260. The number of ether oxygens (including phenoxy) is 2. The molecule has 4 heterocycles. The van der Waals surface area contributed by atoms with Gasteiger partial charge in [-0.25, -0.2) is 32.1 Å². The van der Waals surface area contributed by atoms with Gasteiger partial charge in [0.2, 0.25) is 16.8 Å². The van der Waals surface area contributed by atoms with E-state index in [4.69, 9.17) is 32.0 Å². The first-order valence-corrected chi connectivity index (χ1v) is 32.8. The Morgan fingerprint density at radius 3 is 1.86 bits per heavy atom. The number of carbonyl (C=O) groups excluding carboxylic acids is 3. The topological polar surface area (TPSA) is 158 Å². The van der Waals surface area contributed by atoms with E-state index in [1.165, 1.54) is 92.9 Å². The molecule has 0 spiro atoms. The third-order valence-electron chi connectivity index (χ3n) is 13.4. The summed E-state index contributed by atoms with van der Waals surface area (Å²) in [7, 11) is 5.34. The van der Waals surface area contributed by atoms with Gasteiger partial charge < -0.3 is 25.0 Å². The fourth-order valence-corrected chi connectivity index (χ4v) is 15.2. The molecule has 6 atom stereocenters. The second-order valence-electron chi connectivity index (χ2n) is 22.5. The first kappa shape index (κ1) is 65.5. The molecule has 0 unspecified atom stereocenters. The maximum Gasteiger partial charge on any atom is 0.418 e. The lowest BCUT2D eigenvalue weighted by molar-refractivity contribution is -0.130. The van der Waals surface area contributed by atoms with Gasteiger partial charge in [-0.1, -0.05) is 68.8 Å². The second kappa shape index (κ2) is 25.5. The number of nitrogens with two attached hydrogens (primary N) is 1. The number of hydrogen-bond donors (Lipinski definition) is 1. The van der Waals surface area contributed by atoms with E-state index >= 15 is 4.39 Å². The number of halogens is 5. The summed E-state index contributed by atoms with van der Waals surface area (Å²) >= 11 is 8.18. The van der Waals surface area contributed by atoms with Crippen LogP contribution < -0.4 is 5.73 Å². The Labute approximate surface area is 493 Å². The van der Waals surface area contributed by atoms with Gasteiger partial charge in [0, 0.05) is 70.7 Å². The smallest absolute Gasteiger partial charge is 0.418 e. The summed E-state index contributed by atoms with van der Waals surface area (Å²) in [5.74, 6) is -2.67. The summed E-state index contributed by atoms with van der Waals surface area (Å²) in [6, 6.07) is 18.4. The summed E-state index contributed by atoms with van der Waals surface area (Å²) in [6.45, 7) is 24.2. The molecule has 80 heavy (non-hydrogen) atoms. The van der Waals surface area contributed by atoms with Gasteiger partial charge >= 0.3 is 6.09 Å². The molecule has 2 N–H and O–H groups in total. The molecule has 3 amide bonds. The minimum atomic E-state index is -1.39. The number of amides is 3. The molecule has 0 saturated heterocycles. The van der Waals surface area contributed by atoms with Crippen LogP contribution in [0.3, 0.4) is 0 Å². The lowest BCUT2D eigenvalue weighted by atomic mass is 9.84. The molecular formula is C57H69BrF4N8O5S4Si. The molecule has 4 aromatic rings. The normalized spacial score (nSPS) is 23.7. The van der Waals surface area contributed by atoms with E-state index in [2.05, 4.69) is 45.4 Å². The van der Waals surface area contributed by atoms with Crippen molar-refractivity contribution < 1.29 is 41.4 Å². The number of carbonyl (C=O) groups is 3. The van der Waals surface area contributed by atoms with Crippen LogP contribution in [0, 0.1) is 41.4 Å². The highest BCUT2D eigenvalue weighted by atomic mass is 79.9. The number of aliphatic imine (C=N–C) groups is 2. The first-order valence-electron chi connectivity index (χ1n) is 25.0. The van der Waals surface area contributed by atoms with Crippen molar-refractivity contribution in [3.63, 3.8) is 0 Å². The predicted molar refractivity (Wildman–Crippen MR) is 326 cm³/mol. The monoisotopic (exact) mass is 1260 g/mol. The lowest BCUT2D eigenvalue weighted by Crippen LogP contribution is -2.48. The summed E-state index contributed by atoms with van der Waals surface area (Å²) in [4.78, 5) is 58.1. The number of rotatable bonds is 12. The molecule has 2 aromatic carbocycles. The summed E-state index contributed by atoms with van der Waals surface area (Å²) in [6.07, 6.45) is 2.95. The van der Waals surface area contributed by atoms with Crippen LogP contribution in [0.2, 0.25) is 25.7 Å². The van der Waals surface area contributed by atoms with Crippen molar-refractivity contribution in [2.45, 2.75) is 114 Å². The van der Waals surface area contributed by atoms with Crippen molar-refractivity contribution in [1.82, 2.24) is 14.7 Å². The Morgan fingerprint density at radius 1 is 0.875 bits per heavy atom. The summed E-state index contributed by atoms with van der Waals surface area (Å²) < 4.78 is 69.8. The minimum absolute atomic E-state index is 0. The van der Waals surface area contributed by atoms with Gasteiger partial charge in [0.25, 0.3) is 0 Å². The molecule has 2 aromatic heterocycles. The van der Waals surface area contributed by atoms with Crippen molar-refractivity contribution >= 4 is 121 Å². The third kappa shape index (κ3) is 15.0. The molecule has 2 aliphatic carbocycles. The predicted octanol–water partition coefficient (Wildman–Crippen LogP) is 14.9. The maximum atomic E-state index is 15.5. The Hall–Kier alpha value is -5.27. The van der Waals surface area contributed by atoms with Crippen LogP contribution in [-0.4, -0.2) is 108 Å². The highest BCUT2D eigenvalue weighted by molar-refractivity contribution is 9.11. The average Bonchev–Trinajstić information content (AvgIpc) is 4.38. The van der Waals surface area contributed by atoms with Crippen molar-refractivity contribution in [3.05, 3.63) is 125 Å². The molecular weight excluding hydrogens is 1190 g/mol. The Bertz CT molecular complexity index is 3210. The van der Waals surface area contributed by atoms with Crippen LogP contribution >= 0.6 is 62.1 Å².